The van der Waals surface area contributed by atoms with Crippen LogP contribution in [0.1, 0.15) is 34.1 Å². The van der Waals surface area contributed by atoms with Gasteiger partial charge in [-0.1, -0.05) is 47.5 Å². The molecule has 0 bridgehead atoms. The maximum Gasteiger partial charge on any atom is 0.130 e. The number of nitrogens with one attached hydrogen (secondary N) is 1. The molecule has 1 N–H and O–H groups in total. The number of hydrogen-bond acceptors (Lipinski definition) is 2. The van der Waals surface area contributed by atoms with E-state index in [9.17, 15) is 0 Å². The van der Waals surface area contributed by atoms with E-state index in [0.717, 1.165) is 23.0 Å². The van der Waals surface area contributed by atoms with Gasteiger partial charge in [-0.2, -0.15) is 0 Å². The van der Waals surface area contributed by atoms with Crippen LogP contribution in [0.5, 0.6) is 0 Å². The Hall–Kier alpha value is -2.10. The van der Waals surface area contributed by atoms with Crippen molar-refractivity contribution in [3.8, 4) is 0 Å². The summed E-state index contributed by atoms with van der Waals surface area (Å²) in [5.41, 5.74) is 5.04. The summed E-state index contributed by atoms with van der Waals surface area (Å²) in [4.78, 5) is 4.53. The SMILES string of the molecule is Cc1ccc(CNC(c2ccc(Cl)cc2)c2nccn2C)c(C)c1. The fourth-order valence-corrected chi connectivity index (χ4v) is 3.05. The predicted octanol–water partition coefficient (Wildman–Crippen LogP) is 4.57. The molecule has 24 heavy (non-hydrogen) atoms. The van der Waals surface area contributed by atoms with Gasteiger partial charge in [0.05, 0.1) is 6.04 Å². The van der Waals surface area contributed by atoms with E-state index in [1.54, 1.807) is 0 Å². The minimum Gasteiger partial charge on any atom is -0.336 e. The van der Waals surface area contributed by atoms with E-state index in [0.29, 0.717) is 0 Å². The van der Waals surface area contributed by atoms with E-state index in [1.165, 1.54) is 16.7 Å². The Labute approximate surface area is 148 Å². The topological polar surface area (TPSA) is 29.9 Å². The second-order valence-corrected chi connectivity index (χ2v) is 6.63. The average molecular weight is 340 g/mol. The van der Waals surface area contributed by atoms with Crippen LogP contribution in [0.25, 0.3) is 0 Å². The molecule has 0 amide bonds. The lowest BCUT2D eigenvalue weighted by molar-refractivity contribution is 0.557. The molecule has 1 aromatic heterocycles. The molecule has 3 rings (SSSR count). The van der Waals surface area contributed by atoms with Gasteiger partial charge in [0.25, 0.3) is 0 Å². The third-order valence-electron chi connectivity index (χ3n) is 4.31. The molecular formula is C20H22ClN3. The van der Waals surface area contributed by atoms with Crippen LogP contribution in [0, 0.1) is 13.8 Å². The molecule has 0 aliphatic carbocycles. The molecule has 0 fully saturated rings. The van der Waals surface area contributed by atoms with Crippen LogP contribution < -0.4 is 5.32 Å². The summed E-state index contributed by atoms with van der Waals surface area (Å²) in [5.74, 6) is 0.988. The molecule has 1 heterocycles. The molecular weight excluding hydrogens is 318 g/mol. The van der Waals surface area contributed by atoms with E-state index in [2.05, 4.69) is 54.5 Å². The zero-order valence-corrected chi connectivity index (χ0v) is 15.0. The fraction of sp³-hybridized carbons (Fsp3) is 0.250. The molecule has 4 heteroatoms. The van der Waals surface area contributed by atoms with Gasteiger partial charge in [-0.3, -0.25) is 5.32 Å². The summed E-state index contributed by atoms with van der Waals surface area (Å²) in [5, 5.41) is 4.39. The van der Waals surface area contributed by atoms with Crippen molar-refractivity contribution in [1.29, 1.82) is 0 Å². The molecule has 0 saturated heterocycles. The van der Waals surface area contributed by atoms with E-state index in [1.807, 2.05) is 36.1 Å². The first kappa shape index (κ1) is 16.7. The lowest BCUT2D eigenvalue weighted by Gasteiger charge is -2.20. The number of nitrogens with zero attached hydrogens (tertiary/aromatic N) is 2. The smallest absolute Gasteiger partial charge is 0.130 e. The summed E-state index contributed by atoms with van der Waals surface area (Å²) < 4.78 is 2.05. The highest BCUT2D eigenvalue weighted by atomic mass is 35.5. The zero-order chi connectivity index (χ0) is 17.1. The molecule has 124 valence electrons. The highest BCUT2D eigenvalue weighted by Crippen LogP contribution is 2.23. The minimum absolute atomic E-state index is 0.0166. The zero-order valence-electron chi connectivity index (χ0n) is 14.3. The van der Waals surface area contributed by atoms with Crippen molar-refractivity contribution in [1.82, 2.24) is 14.9 Å². The predicted molar refractivity (Wildman–Crippen MR) is 99.3 cm³/mol. The third-order valence-corrected chi connectivity index (χ3v) is 4.57. The quantitative estimate of drug-likeness (QED) is 0.738. The Kier molecular flexibility index (Phi) is 5.03. The molecule has 3 aromatic rings. The Morgan fingerprint density at radius 3 is 2.50 bits per heavy atom. The summed E-state index contributed by atoms with van der Waals surface area (Å²) in [7, 11) is 2.02. The highest BCUT2D eigenvalue weighted by molar-refractivity contribution is 6.30. The van der Waals surface area contributed by atoms with Crippen LogP contribution >= 0.6 is 11.6 Å². The third kappa shape index (κ3) is 3.69. The van der Waals surface area contributed by atoms with Gasteiger partial charge in [0.15, 0.2) is 0 Å². The molecule has 0 radical (unpaired) electrons. The molecule has 0 spiro atoms. The van der Waals surface area contributed by atoms with Crippen LogP contribution in [0.15, 0.2) is 54.9 Å². The minimum atomic E-state index is 0.0166. The Balaban J connectivity index is 1.88. The molecule has 0 aliphatic heterocycles. The number of benzene rings is 2. The van der Waals surface area contributed by atoms with Gasteiger partial charge < -0.3 is 4.57 Å². The number of halogens is 1. The number of aromatic nitrogens is 2. The van der Waals surface area contributed by atoms with Gasteiger partial charge in [0.2, 0.25) is 0 Å². The Bertz CT molecular complexity index is 821. The average Bonchev–Trinajstić information content (AvgIpc) is 2.97. The second-order valence-electron chi connectivity index (χ2n) is 6.19. The number of imidazole rings is 1. The van der Waals surface area contributed by atoms with Crippen molar-refractivity contribution in [2.75, 3.05) is 0 Å². The van der Waals surface area contributed by atoms with E-state index >= 15 is 0 Å². The number of hydrogen-bond donors (Lipinski definition) is 1. The molecule has 3 nitrogen and oxygen atoms in total. The summed E-state index contributed by atoms with van der Waals surface area (Å²) in [6.45, 7) is 5.06. The van der Waals surface area contributed by atoms with Gasteiger partial charge in [-0.05, 0) is 42.7 Å². The van der Waals surface area contributed by atoms with E-state index in [-0.39, 0.29) is 6.04 Å². The first-order valence-corrected chi connectivity index (χ1v) is 8.44. The number of aryl methyl sites for hydroxylation is 3. The summed E-state index contributed by atoms with van der Waals surface area (Å²) in [6, 6.07) is 14.5. The normalized spacial score (nSPS) is 12.3. The maximum atomic E-state index is 6.04. The van der Waals surface area contributed by atoms with Crippen LogP contribution in [-0.4, -0.2) is 9.55 Å². The van der Waals surface area contributed by atoms with Crippen molar-refractivity contribution in [3.05, 3.63) is 88.0 Å². The van der Waals surface area contributed by atoms with Gasteiger partial charge in [0.1, 0.15) is 5.82 Å². The maximum absolute atomic E-state index is 6.04. The Morgan fingerprint density at radius 1 is 1.12 bits per heavy atom. The molecule has 0 aliphatic rings. The second kappa shape index (κ2) is 7.20. The van der Waals surface area contributed by atoms with Gasteiger partial charge in [-0.25, -0.2) is 4.98 Å². The summed E-state index contributed by atoms with van der Waals surface area (Å²) in [6.07, 6.45) is 3.80. The van der Waals surface area contributed by atoms with Gasteiger partial charge in [-0.15, -0.1) is 0 Å². The lowest BCUT2D eigenvalue weighted by Crippen LogP contribution is -2.25. The van der Waals surface area contributed by atoms with Gasteiger partial charge in [0, 0.05) is 31.0 Å². The van der Waals surface area contributed by atoms with Crippen LogP contribution in [-0.2, 0) is 13.6 Å². The van der Waals surface area contributed by atoms with Crippen LogP contribution in [0.4, 0.5) is 0 Å². The van der Waals surface area contributed by atoms with Crippen LogP contribution in [0.3, 0.4) is 0 Å². The number of rotatable bonds is 5. The van der Waals surface area contributed by atoms with Gasteiger partial charge >= 0.3 is 0 Å². The van der Waals surface area contributed by atoms with Crippen molar-refractivity contribution in [3.63, 3.8) is 0 Å². The monoisotopic (exact) mass is 339 g/mol. The van der Waals surface area contributed by atoms with Crippen molar-refractivity contribution < 1.29 is 0 Å². The molecule has 1 unspecified atom stereocenters. The highest BCUT2D eigenvalue weighted by Gasteiger charge is 2.18. The Morgan fingerprint density at radius 2 is 1.88 bits per heavy atom. The van der Waals surface area contributed by atoms with Crippen molar-refractivity contribution in [2.45, 2.75) is 26.4 Å². The van der Waals surface area contributed by atoms with Crippen molar-refractivity contribution >= 4 is 11.6 Å². The fourth-order valence-electron chi connectivity index (χ4n) is 2.92. The lowest BCUT2D eigenvalue weighted by atomic mass is 10.0. The molecule has 1 atom stereocenters. The molecule has 2 aromatic carbocycles. The van der Waals surface area contributed by atoms with E-state index in [4.69, 9.17) is 11.6 Å². The summed E-state index contributed by atoms with van der Waals surface area (Å²) >= 11 is 6.04. The first-order valence-electron chi connectivity index (χ1n) is 8.07. The first-order chi connectivity index (χ1) is 11.5. The van der Waals surface area contributed by atoms with Crippen LogP contribution in [0.2, 0.25) is 5.02 Å². The van der Waals surface area contributed by atoms with Crippen molar-refractivity contribution in [2.24, 2.45) is 7.05 Å². The molecule has 0 saturated carbocycles. The standard InChI is InChI=1S/C20H22ClN3/c1-14-4-5-17(15(2)12-14)13-23-19(20-22-10-11-24(20)3)16-6-8-18(21)9-7-16/h4-12,19,23H,13H2,1-3H3. The van der Waals surface area contributed by atoms with E-state index < -0.39 is 0 Å². The largest absolute Gasteiger partial charge is 0.336 e.